The maximum absolute atomic E-state index is 13.4. The molecule has 0 spiro atoms. The van der Waals surface area contributed by atoms with E-state index in [1.807, 2.05) is 0 Å². The molecule has 0 aliphatic heterocycles. The molecule has 0 atom stereocenters. The molecule has 2 aromatic heterocycles. The van der Waals surface area contributed by atoms with E-state index in [4.69, 9.17) is 0 Å². The van der Waals surface area contributed by atoms with Crippen molar-refractivity contribution in [2.45, 2.75) is 24.7 Å². The van der Waals surface area contributed by atoms with E-state index >= 15 is 0 Å². The average Bonchev–Trinajstić information content (AvgIpc) is 3.28. The molecule has 0 aliphatic carbocycles. The van der Waals surface area contributed by atoms with Crippen molar-refractivity contribution in [1.82, 2.24) is 9.13 Å². The molecular weight excluding hydrogens is 632 g/mol. The van der Waals surface area contributed by atoms with Crippen molar-refractivity contribution in [1.29, 1.82) is 0 Å². The Labute approximate surface area is 232 Å². The van der Waals surface area contributed by atoms with Crippen molar-refractivity contribution >= 4 is 21.5 Å². The first kappa shape index (κ1) is 30.6. The number of alkyl halides is 12. The van der Waals surface area contributed by atoms with E-state index in [2.05, 4.69) is 0 Å². The lowest BCUT2D eigenvalue weighted by Gasteiger charge is -2.16. The van der Waals surface area contributed by atoms with Crippen LogP contribution in [0.4, 0.5) is 52.7 Å². The van der Waals surface area contributed by atoms with Crippen LogP contribution in [0.5, 0.6) is 0 Å². The first-order chi connectivity index (χ1) is 20.0. The fourth-order valence-electron chi connectivity index (χ4n) is 4.75. The quantitative estimate of drug-likeness (QED) is 0.223. The summed E-state index contributed by atoms with van der Waals surface area (Å²) in [6, 6.07) is 1.85. The molecule has 0 bridgehead atoms. The van der Waals surface area contributed by atoms with Gasteiger partial charge in [0.1, 0.15) is 0 Å². The lowest BCUT2D eigenvalue weighted by molar-refractivity contribution is -0.162. The minimum absolute atomic E-state index is 0.00805. The zero-order chi connectivity index (χ0) is 32.9. The Hall–Kier alpha value is -4.90. The van der Waals surface area contributed by atoms with Gasteiger partial charge in [0, 0.05) is 0 Å². The first-order valence-electron chi connectivity index (χ1n) is 11.6. The predicted molar refractivity (Wildman–Crippen MR) is 128 cm³/mol. The molecule has 5 rings (SSSR count). The number of benzene rings is 3. The van der Waals surface area contributed by atoms with Gasteiger partial charge < -0.3 is 0 Å². The van der Waals surface area contributed by atoms with E-state index in [9.17, 15) is 71.9 Å². The molecular formula is C26H8F12N2O4. The summed E-state index contributed by atoms with van der Waals surface area (Å²) >= 11 is 0. The van der Waals surface area contributed by atoms with E-state index in [-0.39, 0.29) is 33.4 Å². The number of aromatic nitrogens is 2. The van der Waals surface area contributed by atoms with Gasteiger partial charge in [-0.2, -0.15) is 52.7 Å². The summed E-state index contributed by atoms with van der Waals surface area (Å²) in [6.45, 7) is 0. The maximum Gasteiger partial charge on any atom is 0.417 e. The molecule has 6 nitrogen and oxygen atoms in total. The third-order valence-corrected chi connectivity index (χ3v) is 6.64. The van der Waals surface area contributed by atoms with Gasteiger partial charge in [-0.1, -0.05) is 0 Å². The van der Waals surface area contributed by atoms with E-state index in [1.165, 1.54) is 0 Å². The van der Waals surface area contributed by atoms with Crippen LogP contribution in [-0.4, -0.2) is 9.13 Å². The Balaban J connectivity index is 1.75. The summed E-state index contributed by atoms with van der Waals surface area (Å²) in [5, 5.41) is -2.80. The van der Waals surface area contributed by atoms with Crippen molar-refractivity contribution in [2.24, 2.45) is 0 Å². The van der Waals surface area contributed by atoms with Gasteiger partial charge in [0.25, 0.3) is 22.2 Å². The Morgan fingerprint density at radius 2 is 0.614 bits per heavy atom. The summed E-state index contributed by atoms with van der Waals surface area (Å²) in [6.07, 6.45) is -22.1. The number of rotatable bonds is 2. The molecule has 5 aromatic rings. The van der Waals surface area contributed by atoms with Crippen LogP contribution in [0.25, 0.3) is 32.9 Å². The minimum atomic E-state index is -5.58. The molecule has 0 radical (unpaired) electrons. The Morgan fingerprint density at radius 3 is 0.841 bits per heavy atom. The van der Waals surface area contributed by atoms with Gasteiger partial charge in [-0.25, -0.2) is 9.13 Å². The van der Waals surface area contributed by atoms with Crippen molar-refractivity contribution in [3.05, 3.63) is 112 Å². The molecule has 0 saturated heterocycles. The topological polar surface area (TPSA) is 78.1 Å². The largest absolute Gasteiger partial charge is 0.417 e. The van der Waals surface area contributed by atoms with Crippen LogP contribution in [0.2, 0.25) is 0 Å². The number of hydrogen-bond acceptors (Lipinski definition) is 4. The Kier molecular flexibility index (Phi) is 6.46. The van der Waals surface area contributed by atoms with Gasteiger partial charge in [0.2, 0.25) is 0 Å². The standard InChI is InChI=1S/C26H8F12N2O4/c27-23(28,29)15-3-1-9(5-17(15)25(33,34)35)39-19(41)11-7-13-14(8-12(11)20(39)42)22(44)40(21(13)43)10-2-4-16(24(30,31)32)18(6-10)26(36,37)38/h1-8H. The predicted octanol–water partition coefficient (Wildman–Crippen LogP) is 5.97. The average molecular weight is 640 g/mol. The van der Waals surface area contributed by atoms with E-state index < -0.39 is 102 Å². The number of hydrogen-bond donors (Lipinski definition) is 0. The highest BCUT2D eigenvalue weighted by atomic mass is 19.4. The summed E-state index contributed by atoms with van der Waals surface area (Å²) in [4.78, 5) is 52.1. The minimum Gasteiger partial charge on any atom is -0.268 e. The number of fused-ring (bicyclic) bond motifs is 2. The van der Waals surface area contributed by atoms with Crippen LogP contribution in [-0.2, 0) is 24.7 Å². The summed E-state index contributed by atoms with van der Waals surface area (Å²) < 4.78 is 159. The van der Waals surface area contributed by atoms with Crippen molar-refractivity contribution in [3.63, 3.8) is 0 Å². The fraction of sp³-hybridized carbons (Fsp3) is 0.154. The fourth-order valence-corrected chi connectivity index (χ4v) is 4.75. The molecule has 0 N–H and O–H groups in total. The highest BCUT2D eigenvalue weighted by Crippen LogP contribution is 2.42. The summed E-state index contributed by atoms with van der Waals surface area (Å²) in [5.74, 6) is 0. The third kappa shape index (κ3) is 4.73. The number of halogens is 12. The van der Waals surface area contributed by atoms with Crippen LogP contribution < -0.4 is 22.2 Å². The highest BCUT2D eigenvalue weighted by Gasteiger charge is 2.44. The molecule has 2 heterocycles. The number of nitrogens with zero attached hydrogens (tertiary/aromatic N) is 2. The SMILES string of the molecule is O=c1c2cc3c(=O)n(-c4ccc(C(F)(F)F)c(C(F)(F)F)c4)c(=O)c3cc2c(=O)n1-c1ccc(C(F)(F)F)c(C(F)(F)F)c1. The van der Waals surface area contributed by atoms with Crippen LogP contribution in [0, 0.1) is 0 Å². The second kappa shape index (κ2) is 9.30. The van der Waals surface area contributed by atoms with Gasteiger partial charge in [-0.3, -0.25) is 19.2 Å². The molecule has 0 aliphatic rings. The molecule has 44 heavy (non-hydrogen) atoms. The molecule has 18 heteroatoms. The molecule has 3 aromatic carbocycles. The van der Waals surface area contributed by atoms with Gasteiger partial charge in [0.15, 0.2) is 0 Å². The van der Waals surface area contributed by atoms with E-state index in [1.54, 1.807) is 0 Å². The third-order valence-electron chi connectivity index (χ3n) is 6.64. The zero-order valence-electron chi connectivity index (χ0n) is 20.7. The van der Waals surface area contributed by atoms with Crippen molar-refractivity contribution < 1.29 is 52.7 Å². The smallest absolute Gasteiger partial charge is 0.268 e. The molecule has 0 fully saturated rings. The Bertz CT molecular complexity index is 1980. The summed E-state index contributed by atoms with van der Waals surface area (Å²) in [5.41, 5.74) is -16.3. The van der Waals surface area contributed by atoms with Crippen LogP contribution in [0.1, 0.15) is 22.3 Å². The van der Waals surface area contributed by atoms with Crippen LogP contribution in [0.15, 0.2) is 67.7 Å². The first-order valence-corrected chi connectivity index (χ1v) is 11.6. The molecule has 0 saturated carbocycles. The normalized spacial score (nSPS) is 13.4. The monoisotopic (exact) mass is 640 g/mol. The van der Waals surface area contributed by atoms with Crippen molar-refractivity contribution in [3.8, 4) is 11.4 Å². The molecule has 230 valence electrons. The van der Waals surface area contributed by atoms with E-state index in [0.717, 1.165) is 0 Å². The summed E-state index contributed by atoms with van der Waals surface area (Å²) in [7, 11) is 0. The van der Waals surface area contributed by atoms with Crippen LogP contribution >= 0.6 is 0 Å². The van der Waals surface area contributed by atoms with Gasteiger partial charge >= 0.3 is 24.7 Å². The van der Waals surface area contributed by atoms with E-state index in [0.29, 0.717) is 24.3 Å². The molecule has 0 unspecified atom stereocenters. The zero-order valence-corrected chi connectivity index (χ0v) is 20.7. The van der Waals surface area contributed by atoms with Gasteiger partial charge in [-0.15, -0.1) is 0 Å². The van der Waals surface area contributed by atoms with Crippen molar-refractivity contribution in [2.75, 3.05) is 0 Å². The van der Waals surface area contributed by atoms with Crippen LogP contribution in [0.3, 0.4) is 0 Å². The maximum atomic E-state index is 13.4. The van der Waals surface area contributed by atoms with Gasteiger partial charge in [-0.05, 0) is 48.5 Å². The molecule has 0 amide bonds. The van der Waals surface area contributed by atoms with Gasteiger partial charge in [0.05, 0.1) is 55.2 Å². The Morgan fingerprint density at radius 1 is 0.364 bits per heavy atom. The second-order valence-electron chi connectivity index (χ2n) is 9.29. The lowest BCUT2D eigenvalue weighted by Crippen LogP contribution is -2.25. The highest BCUT2D eigenvalue weighted by molar-refractivity contribution is 5.98. The lowest BCUT2D eigenvalue weighted by atomic mass is 10.1. The second-order valence-corrected chi connectivity index (χ2v) is 9.29.